The third-order valence-electron chi connectivity index (χ3n) is 2.65. The normalized spacial score (nSPS) is 24.7. The fourth-order valence-corrected chi connectivity index (χ4v) is 1.95. The summed E-state index contributed by atoms with van der Waals surface area (Å²) in [4.78, 5) is 20.9. The summed E-state index contributed by atoms with van der Waals surface area (Å²) < 4.78 is 5.21. The molecule has 0 bridgehead atoms. The number of hydrogen-bond acceptors (Lipinski definition) is 4. The molecular weight excluding hydrogens is 230 g/mol. The molecule has 1 amide bonds. The number of carbonyl (C=O) groups excluding carboxylic acids is 1. The van der Waals surface area contributed by atoms with Gasteiger partial charge in [0, 0.05) is 6.20 Å². The van der Waals surface area contributed by atoms with Crippen molar-refractivity contribution in [1.29, 1.82) is 0 Å². The van der Waals surface area contributed by atoms with Gasteiger partial charge in [0.15, 0.2) is 0 Å². The lowest BCUT2D eigenvalue weighted by Crippen LogP contribution is -2.34. The number of carbonyl (C=O) groups is 1. The van der Waals surface area contributed by atoms with Crippen molar-refractivity contribution in [3.8, 4) is 0 Å². The lowest BCUT2D eigenvalue weighted by Gasteiger charge is -2.18. The van der Waals surface area contributed by atoms with E-state index in [9.17, 15) is 4.79 Å². The van der Waals surface area contributed by atoms with E-state index in [2.05, 4.69) is 9.97 Å². The van der Waals surface area contributed by atoms with Gasteiger partial charge in [-0.05, 0) is 31.0 Å². The number of aromatic nitrogens is 2. The van der Waals surface area contributed by atoms with E-state index in [-0.39, 0.29) is 23.5 Å². The predicted octanol–water partition coefficient (Wildman–Crippen LogP) is 2.25. The maximum atomic E-state index is 11.7. The predicted molar refractivity (Wildman–Crippen MR) is 59.5 cm³/mol. The minimum atomic E-state index is -0.380. The average molecular weight is 242 g/mol. The van der Waals surface area contributed by atoms with Crippen molar-refractivity contribution in [3.05, 3.63) is 17.5 Å². The summed E-state index contributed by atoms with van der Waals surface area (Å²) in [5.74, 6) is 0.480. The SMILES string of the molecule is CC[C@H]1OC(=O)N(c2ccnc(Cl)n2)[C@H]1C. The first-order chi connectivity index (χ1) is 7.63. The first-order valence-electron chi connectivity index (χ1n) is 5.12. The van der Waals surface area contributed by atoms with Gasteiger partial charge in [-0.15, -0.1) is 0 Å². The van der Waals surface area contributed by atoms with Crippen LogP contribution in [0, 0.1) is 0 Å². The number of hydrogen-bond donors (Lipinski definition) is 0. The Hall–Kier alpha value is -1.36. The molecule has 86 valence electrons. The minimum Gasteiger partial charge on any atom is -0.444 e. The Morgan fingerprint density at radius 2 is 2.38 bits per heavy atom. The van der Waals surface area contributed by atoms with Gasteiger partial charge >= 0.3 is 6.09 Å². The summed E-state index contributed by atoms with van der Waals surface area (Å²) >= 11 is 5.69. The van der Waals surface area contributed by atoms with Crippen molar-refractivity contribution < 1.29 is 9.53 Å². The molecule has 1 saturated heterocycles. The summed E-state index contributed by atoms with van der Waals surface area (Å²) in [6, 6.07) is 1.60. The van der Waals surface area contributed by atoms with Gasteiger partial charge in [-0.2, -0.15) is 0 Å². The molecule has 0 aromatic carbocycles. The molecule has 1 aliphatic rings. The van der Waals surface area contributed by atoms with Gasteiger partial charge in [-0.25, -0.2) is 14.8 Å². The Morgan fingerprint density at radius 1 is 1.62 bits per heavy atom. The number of amides is 1. The zero-order valence-electron chi connectivity index (χ0n) is 9.05. The van der Waals surface area contributed by atoms with Crippen LogP contribution in [0.15, 0.2) is 12.3 Å². The van der Waals surface area contributed by atoms with E-state index in [1.54, 1.807) is 6.07 Å². The quantitative estimate of drug-likeness (QED) is 0.746. The van der Waals surface area contributed by atoms with E-state index in [0.29, 0.717) is 5.82 Å². The highest BCUT2D eigenvalue weighted by atomic mass is 35.5. The van der Waals surface area contributed by atoms with Crippen LogP contribution < -0.4 is 4.90 Å². The van der Waals surface area contributed by atoms with Crippen LogP contribution in [0.5, 0.6) is 0 Å². The number of cyclic esters (lactones) is 1. The van der Waals surface area contributed by atoms with Crippen LogP contribution in [0.3, 0.4) is 0 Å². The average Bonchev–Trinajstić information content (AvgIpc) is 2.53. The third kappa shape index (κ3) is 1.82. The molecule has 5 nitrogen and oxygen atoms in total. The molecule has 2 heterocycles. The van der Waals surface area contributed by atoms with Crippen LogP contribution in [0.25, 0.3) is 0 Å². The molecule has 0 aliphatic carbocycles. The van der Waals surface area contributed by atoms with E-state index < -0.39 is 0 Å². The smallest absolute Gasteiger partial charge is 0.416 e. The van der Waals surface area contributed by atoms with Gasteiger partial charge in [-0.1, -0.05) is 6.92 Å². The van der Waals surface area contributed by atoms with Gasteiger partial charge < -0.3 is 4.74 Å². The highest BCUT2D eigenvalue weighted by Crippen LogP contribution is 2.26. The standard InChI is InChI=1S/C10H12ClN3O2/c1-3-7-6(2)14(10(15)16-7)8-4-5-12-9(11)13-8/h4-7H,3H2,1-2H3/t6-,7+/m0/s1. The molecular formula is C10H12ClN3O2. The van der Waals surface area contributed by atoms with E-state index in [4.69, 9.17) is 16.3 Å². The van der Waals surface area contributed by atoms with Crippen molar-refractivity contribution >= 4 is 23.5 Å². The van der Waals surface area contributed by atoms with Crippen molar-refractivity contribution in [1.82, 2.24) is 9.97 Å². The van der Waals surface area contributed by atoms with Gasteiger partial charge in [0.25, 0.3) is 0 Å². The van der Waals surface area contributed by atoms with Gasteiger partial charge in [0.2, 0.25) is 5.28 Å². The van der Waals surface area contributed by atoms with Crippen molar-refractivity contribution in [2.45, 2.75) is 32.4 Å². The zero-order chi connectivity index (χ0) is 11.7. The molecule has 0 unspecified atom stereocenters. The molecule has 0 saturated carbocycles. The highest BCUT2D eigenvalue weighted by Gasteiger charge is 2.39. The number of anilines is 1. The van der Waals surface area contributed by atoms with Crippen LogP contribution in [0.1, 0.15) is 20.3 Å². The van der Waals surface area contributed by atoms with Crippen molar-refractivity contribution in [2.75, 3.05) is 4.90 Å². The fourth-order valence-electron chi connectivity index (χ4n) is 1.80. The molecule has 2 atom stereocenters. The van der Waals surface area contributed by atoms with E-state index in [1.807, 2.05) is 13.8 Å². The maximum absolute atomic E-state index is 11.7. The number of nitrogens with zero attached hydrogens (tertiary/aromatic N) is 3. The van der Waals surface area contributed by atoms with Gasteiger partial charge in [0.05, 0.1) is 6.04 Å². The molecule has 1 aromatic rings. The van der Waals surface area contributed by atoms with E-state index >= 15 is 0 Å². The molecule has 1 aliphatic heterocycles. The Balaban J connectivity index is 2.30. The summed E-state index contributed by atoms with van der Waals surface area (Å²) in [5.41, 5.74) is 0. The Morgan fingerprint density at radius 3 is 2.94 bits per heavy atom. The van der Waals surface area contributed by atoms with Crippen LogP contribution in [0.2, 0.25) is 5.28 Å². The van der Waals surface area contributed by atoms with Crippen LogP contribution in [0.4, 0.5) is 10.6 Å². The van der Waals surface area contributed by atoms with E-state index in [0.717, 1.165) is 6.42 Å². The van der Waals surface area contributed by atoms with E-state index in [1.165, 1.54) is 11.1 Å². The zero-order valence-corrected chi connectivity index (χ0v) is 9.81. The van der Waals surface area contributed by atoms with Crippen LogP contribution in [-0.2, 0) is 4.74 Å². The van der Waals surface area contributed by atoms with Gasteiger partial charge in [0.1, 0.15) is 11.9 Å². The molecule has 2 rings (SSSR count). The van der Waals surface area contributed by atoms with Crippen molar-refractivity contribution in [2.24, 2.45) is 0 Å². The van der Waals surface area contributed by atoms with Crippen LogP contribution in [-0.4, -0.2) is 28.2 Å². The molecule has 6 heteroatoms. The molecule has 0 spiro atoms. The van der Waals surface area contributed by atoms with Crippen LogP contribution >= 0.6 is 11.6 Å². The van der Waals surface area contributed by atoms with Crippen molar-refractivity contribution in [3.63, 3.8) is 0 Å². The topological polar surface area (TPSA) is 55.3 Å². The second kappa shape index (κ2) is 4.25. The maximum Gasteiger partial charge on any atom is 0.416 e. The number of rotatable bonds is 2. The second-order valence-electron chi connectivity index (χ2n) is 3.62. The molecule has 0 radical (unpaired) electrons. The fraction of sp³-hybridized carbons (Fsp3) is 0.500. The number of ether oxygens (including phenoxy) is 1. The second-order valence-corrected chi connectivity index (χ2v) is 3.96. The minimum absolute atomic E-state index is 0.0385. The summed E-state index contributed by atoms with van der Waals surface area (Å²) in [7, 11) is 0. The lowest BCUT2D eigenvalue weighted by atomic mass is 10.1. The molecule has 16 heavy (non-hydrogen) atoms. The Labute approximate surface area is 98.4 Å². The summed E-state index contributed by atoms with van der Waals surface area (Å²) in [5, 5.41) is 0.123. The first-order valence-corrected chi connectivity index (χ1v) is 5.49. The monoisotopic (exact) mass is 241 g/mol. The van der Waals surface area contributed by atoms with Gasteiger partial charge in [-0.3, -0.25) is 4.90 Å². The summed E-state index contributed by atoms with van der Waals surface area (Å²) in [6.45, 7) is 3.90. The molecule has 1 fully saturated rings. The highest BCUT2D eigenvalue weighted by molar-refractivity contribution is 6.28. The molecule has 1 aromatic heterocycles. The third-order valence-corrected chi connectivity index (χ3v) is 2.84. The largest absolute Gasteiger partial charge is 0.444 e. The number of halogens is 1. The first kappa shape index (κ1) is 11.1. The lowest BCUT2D eigenvalue weighted by molar-refractivity contribution is 0.131. The Kier molecular flexibility index (Phi) is 2.96. The molecule has 0 N–H and O–H groups in total. The summed E-state index contributed by atoms with van der Waals surface area (Å²) in [6.07, 6.45) is 1.82. The Bertz CT molecular complexity index is 413.